The Hall–Kier alpha value is -2.08. The number of thiocarbonyl (C=S) groups is 1. The van der Waals surface area contributed by atoms with Crippen molar-refractivity contribution in [2.24, 2.45) is 10.8 Å². The van der Waals surface area contributed by atoms with E-state index in [1.165, 1.54) is 0 Å². The molecule has 0 radical (unpaired) electrons. The van der Waals surface area contributed by atoms with Gasteiger partial charge in [0, 0.05) is 5.56 Å². The summed E-state index contributed by atoms with van der Waals surface area (Å²) >= 11 is 4.71. The van der Waals surface area contributed by atoms with Crippen LogP contribution in [-0.2, 0) is 6.42 Å². The number of ether oxygens (including phenoxy) is 2. The van der Waals surface area contributed by atoms with Gasteiger partial charge in [-0.05, 0) is 57.1 Å². The van der Waals surface area contributed by atoms with E-state index in [2.05, 4.69) is 17.1 Å². The highest BCUT2D eigenvalue weighted by Gasteiger charge is 2.14. The summed E-state index contributed by atoms with van der Waals surface area (Å²) in [5, 5.41) is 4.09. The van der Waals surface area contributed by atoms with Crippen molar-refractivity contribution >= 4 is 23.5 Å². The maximum absolute atomic E-state index is 5.91. The van der Waals surface area contributed by atoms with Crippen molar-refractivity contribution in [3.63, 3.8) is 0 Å². The van der Waals surface area contributed by atoms with Crippen LogP contribution in [0.2, 0.25) is 0 Å². The normalized spacial score (nSPS) is 10.7. The third kappa shape index (κ3) is 5.73. The molecule has 22 heavy (non-hydrogen) atoms. The lowest BCUT2D eigenvalue weighted by Crippen LogP contribution is -2.24. The second-order valence-corrected chi connectivity index (χ2v) is 5.27. The fourth-order valence-electron chi connectivity index (χ4n) is 1.87. The minimum atomic E-state index is 0.0542. The van der Waals surface area contributed by atoms with Crippen LogP contribution < -0.4 is 20.6 Å². The molecule has 1 aromatic carbocycles. The standard InChI is InChI=1S/C16H23N3O2S/c1-5-7-13-8-12(10-18-19-16(17)22)9-14(20-6-2)15(13)21-11(3)4/h5,8-11H,1,6-7H2,2-4H3,(H3,17,19,22). The van der Waals surface area contributed by atoms with Crippen molar-refractivity contribution in [3.8, 4) is 11.5 Å². The number of hydrazone groups is 1. The second-order valence-electron chi connectivity index (χ2n) is 4.83. The molecule has 0 saturated heterocycles. The molecule has 0 aliphatic carbocycles. The van der Waals surface area contributed by atoms with Gasteiger partial charge < -0.3 is 15.2 Å². The molecule has 0 amide bonds. The molecule has 6 heteroatoms. The molecule has 1 aromatic rings. The van der Waals surface area contributed by atoms with Crippen molar-refractivity contribution in [1.29, 1.82) is 0 Å². The largest absolute Gasteiger partial charge is 0.490 e. The number of rotatable bonds is 8. The number of benzene rings is 1. The molecule has 0 heterocycles. The van der Waals surface area contributed by atoms with E-state index >= 15 is 0 Å². The number of nitrogens with two attached hydrogens (primary N) is 1. The molecule has 0 atom stereocenters. The highest BCUT2D eigenvalue weighted by atomic mass is 32.1. The summed E-state index contributed by atoms with van der Waals surface area (Å²) in [6.45, 7) is 10.2. The van der Waals surface area contributed by atoms with Crippen LogP contribution in [-0.4, -0.2) is 24.0 Å². The van der Waals surface area contributed by atoms with Gasteiger partial charge in [-0.1, -0.05) is 6.08 Å². The maximum atomic E-state index is 5.91. The third-order valence-corrected chi connectivity index (χ3v) is 2.65. The monoisotopic (exact) mass is 321 g/mol. The van der Waals surface area contributed by atoms with Crippen LogP contribution >= 0.6 is 12.2 Å². The minimum Gasteiger partial charge on any atom is -0.490 e. The smallest absolute Gasteiger partial charge is 0.184 e. The van der Waals surface area contributed by atoms with Gasteiger partial charge in [-0.3, -0.25) is 5.43 Å². The summed E-state index contributed by atoms with van der Waals surface area (Å²) in [4.78, 5) is 0. The molecule has 120 valence electrons. The van der Waals surface area contributed by atoms with Crippen molar-refractivity contribution in [3.05, 3.63) is 35.9 Å². The third-order valence-electron chi connectivity index (χ3n) is 2.56. The van der Waals surface area contributed by atoms with Gasteiger partial charge in [0.15, 0.2) is 16.6 Å². The number of hydrogen-bond donors (Lipinski definition) is 2. The van der Waals surface area contributed by atoms with E-state index in [4.69, 9.17) is 27.4 Å². The zero-order chi connectivity index (χ0) is 16.5. The van der Waals surface area contributed by atoms with Gasteiger partial charge in [0.2, 0.25) is 0 Å². The van der Waals surface area contributed by atoms with E-state index in [0.717, 1.165) is 16.9 Å². The molecular formula is C16H23N3O2S. The summed E-state index contributed by atoms with van der Waals surface area (Å²) in [6, 6.07) is 3.85. The highest BCUT2D eigenvalue weighted by molar-refractivity contribution is 7.80. The Morgan fingerprint density at radius 1 is 1.50 bits per heavy atom. The number of nitrogens with one attached hydrogen (secondary N) is 1. The van der Waals surface area contributed by atoms with E-state index in [9.17, 15) is 0 Å². The zero-order valence-corrected chi connectivity index (χ0v) is 14.1. The Labute approximate surface area is 137 Å². The molecule has 0 aliphatic heterocycles. The molecule has 5 nitrogen and oxygen atoms in total. The lowest BCUT2D eigenvalue weighted by molar-refractivity contribution is 0.222. The first-order chi connectivity index (χ1) is 10.5. The van der Waals surface area contributed by atoms with Crippen LogP contribution in [0.1, 0.15) is 31.9 Å². The van der Waals surface area contributed by atoms with Crippen LogP contribution in [0, 0.1) is 0 Å². The number of nitrogens with zero attached hydrogens (tertiary/aromatic N) is 1. The van der Waals surface area contributed by atoms with Crippen LogP contribution in [0.15, 0.2) is 29.9 Å². The summed E-state index contributed by atoms with van der Waals surface area (Å²) in [6.07, 6.45) is 4.19. The zero-order valence-electron chi connectivity index (χ0n) is 13.3. The molecule has 1 rings (SSSR count). The predicted octanol–water partition coefficient (Wildman–Crippen LogP) is 2.77. The van der Waals surface area contributed by atoms with Crippen molar-refractivity contribution < 1.29 is 9.47 Å². The Morgan fingerprint density at radius 3 is 2.77 bits per heavy atom. The van der Waals surface area contributed by atoms with E-state index in [-0.39, 0.29) is 11.2 Å². The lowest BCUT2D eigenvalue weighted by Gasteiger charge is -2.18. The van der Waals surface area contributed by atoms with Gasteiger partial charge in [-0.2, -0.15) is 5.10 Å². The van der Waals surface area contributed by atoms with E-state index in [0.29, 0.717) is 18.8 Å². The van der Waals surface area contributed by atoms with E-state index < -0.39 is 0 Å². The highest BCUT2D eigenvalue weighted by Crippen LogP contribution is 2.34. The molecule has 0 unspecified atom stereocenters. The molecule has 0 aliphatic rings. The predicted molar refractivity (Wildman–Crippen MR) is 94.8 cm³/mol. The molecule has 0 saturated carbocycles. The average molecular weight is 321 g/mol. The van der Waals surface area contributed by atoms with Gasteiger partial charge in [0.25, 0.3) is 0 Å². The van der Waals surface area contributed by atoms with Crippen molar-refractivity contribution in [1.82, 2.24) is 5.43 Å². The average Bonchev–Trinajstić information content (AvgIpc) is 2.42. The Kier molecular flexibility index (Phi) is 7.39. The SMILES string of the molecule is C=CCc1cc(C=NNC(N)=S)cc(OCC)c1OC(C)C. The van der Waals surface area contributed by atoms with E-state index in [1.807, 2.05) is 39.0 Å². The quantitative estimate of drug-likeness (QED) is 0.333. The van der Waals surface area contributed by atoms with Gasteiger partial charge >= 0.3 is 0 Å². The second kappa shape index (κ2) is 9.04. The molecule has 0 spiro atoms. The fourth-order valence-corrected chi connectivity index (χ4v) is 1.92. The van der Waals surface area contributed by atoms with Crippen LogP contribution in [0.5, 0.6) is 11.5 Å². The van der Waals surface area contributed by atoms with Crippen molar-refractivity contribution in [2.75, 3.05) is 6.61 Å². The van der Waals surface area contributed by atoms with Crippen LogP contribution in [0.25, 0.3) is 0 Å². The molecule has 0 fully saturated rings. The Bertz CT molecular complexity index is 557. The molecule has 0 bridgehead atoms. The topological polar surface area (TPSA) is 68.9 Å². The lowest BCUT2D eigenvalue weighted by atomic mass is 10.1. The first kappa shape index (κ1) is 18.0. The Morgan fingerprint density at radius 2 is 2.23 bits per heavy atom. The fraction of sp³-hybridized carbons (Fsp3) is 0.375. The first-order valence-electron chi connectivity index (χ1n) is 7.13. The molecule has 3 N–H and O–H groups in total. The Balaban J connectivity index is 3.22. The van der Waals surface area contributed by atoms with Gasteiger partial charge in [-0.15, -0.1) is 6.58 Å². The van der Waals surface area contributed by atoms with Gasteiger partial charge in [0.1, 0.15) is 0 Å². The maximum Gasteiger partial charge on any atom is 0.184 e. The molecule has 0 aromatic heterocycles. The van der Waals surface area contributed by atoms with Crippen LogP contribution in [0.4, 0.5) is 0 Å². The first-order valence-corrected chi connectivity index (χ1v) is 7.54. The van der Waals surface area contributed by atoms with Gasteiger partial charge in [0.05, 0.1) is 18.9 Å². The summed E-state index contributed by atoms with van der Waals surface area (Å²) in [5.41, 5.74) is 9.72. The molecular weight excluding hydrogens is 298 g/mol. The van der Waals surface area contributed by atoms with E-state index in [1.54, 1.807) is 6.21 Å². The van der Waals surface area contributed by atoms with Crippen molar-refractivity contribution in [2.45, 2.75) is 33.3 Å². The number of allylic oxidation sites excluding steroid dienone is 1. The van der Waals surface area contributed by atoms with Gasteiger partial charge in [-0.25, -0.2) is 0 Å². The summed E-state index contributed by atoms with van der Waals surface area (Å²) in [7, 11) is 0. The summed E-state index contributed by atoms with van der Waals surface area (Å²) in [5.74, 6) is 1.43. The van der Waals surface area contributed by atoms with Crippen LogP contribution in [0.3, 0.4) is 0 Å². The minimum absolute atomic E-state index is 0.0542. The summed E-state index contributed by atoms with van der Waals surface area (Å²) < 4.78 is 11.6. The number of hydrogen-bond acceptors (Lipinski definition) is 4.